The number of hydrogen-bond acceptors (Lipinski definition) is 3. The van der Waals surface area contributed by atoms with Gasteiger partial charge in [0, 0.05) is 37.7 Å². The highest BCUT2D eigenvalue weighted by Crippen LogP contribution is 2.29. The molecule has 0 atom stereocenters. The van der Waals surface area contributed by atoms with E-state index in [1.807, 2.05) is 5.32 Å². The number of rotatable bonds is 2. The third-order valence-corrected chi connectivity index (χ3v) is 4.79. The van der Waals surface area contributed by atoms with Crippen molar-refractivity contribution in [1.29, 1.82) is 0 Å². The average molecular weight is 340 g/mol. The van der Waals surface area contributed by atoms with Crippen LogP contribution in [0.25, 0.3) is 0 Å². The molecule has 0 saturated heterocycles. The Kier molecular flexibility index (Phi) is 4.62. The van der Waals surface area contributed by atoms with Crippen LogP contribution in [-0.4, -0.2) is 35.4 Å². The Morgan fingerprint density at radius 2 is 1.83 bits per heavy atom. The first-order chi connectivity index (χ1) is 11.3. The van der Waals surface area contributed by atoms with E-state index in [4.69, 9.17) is 0 Å². The Bertz CT molecular complexity index is 648. The van der Waals surface area contributed by atoms with Gasteiger partial charge in [-0.15, -0.1) is 0 Å². The van der Waals surface area contributed by atoms with Gasteiger partial charge in [0.2, 0.25) is 0 Å². The lowest BCUT2D eigenvalue weighted by atomic mass is 9.90. The topological polar surface area (TPSA) is 49.4 Å². The molecule has 1 fully saturated rings. The van der Waals surface area contributed by atoms with Gasteiger partial charge >= 0.3 is 12.1 Å². The molecule has 0 aromatic heterocycles. The molecule has 0 unspecified atom stereocenters. The number of carbonyl (C=O) groups excluding carboxylic acids is 2. The molecule has 1 aliphatic carbocycles. The Balaban J connectivity index is 1.66. The fraction of sp³-hybridized carbons (Fsp3) is 0.529. The van der Waals surface area contributed by atoms with Crippen LogP contribution >= 0.6 is 0 Å². The number of amides is 1. The van der Waals surface area contributed by atoms with E-state index < -0.39 is 12.1 Å². The minimum atomic E-state index is -4.88. The van der Waals surface area contributed by atoms with Gasteiger partial charge in [-0.2, -0.15) is 13.2 Å². The molecule has 0 spiro atoms. The summed E-state index contributed by atoms with van der Waals surface area (Å²) in [6.45, 7) is 1.56. The van der Waals surface area contributed by atoms with Crippen LogP contribution in [0.2, 0.25) is 0 Å². The Hall–Kier alpha value is -1.89. The molecular formula is C17H19F3N2O2. The first-order valence-corrected chi connectivity index (χ1v) is 8.08. The predicted molar refractivity (Wildman–Crippen MR) is 82.5 cm³/mol. The number of Topliss-reactive ketones (excluding diaryl/α,β-unsaturated/α-hetero) is 1. The quantitative estimate of drug-likeness (QED) is 0.900. The summed E-state index contributed by atoms with van der Waals surface area (Å²) in [6, 6.07) is 5.32. The Morgan fingerprint density at radius 1 is 1.12 bits per heavy atom. The highest BCUT2D eigenvalue weighted by Gasteiger charge is 2.38. The van der Waals surface area contributed by atoms with Gasteiger partial charge in [0.25, 0.3) is 0 Å². The first kappa shape index (κ1) is 17.0. The van der Waals surface area contributed by atoms with Gasteiger partial charge < -0.3 is 5.32 Å². The second-order valence-corrected chi connectivity index (χ2v) is 6.43. The third-order valence-electron chi connectivity index (χ3n) is 4.79. The standard InChI is InChI=1S/C17H19F3N2O2/c18-17(19,20)16(24)21-13-2-1-12-10-22(8-7-11(12)9-13)14-3-5-15(23)6-4-14/h1-2,9,14H,3-8,10H2,(H,21,24). The van der Waals surface area contributed by atoms with E-state index in [2.05, 4.69) is 4.90 Å². The molecule has 0 bridgehead atoms. The van der Waals surface area contributed by atoms with Crippen molar-refractivity contribution < 1.29 is 22.8 Å². The number of carbonyl (C=O) groups is 2. The van der Waals surface area contributed by atoms with Crippen molar-refractivity contribution in [1.82, 2.24) is 4.90 Å². The number of nitrogens with one attached hydrogen (secondary N) is 1. The van der Waals surface area contributed by atoms with Crippen LogP contribution in [0, 0.1) is 0 Å². The van der Waals surface area contributed by atoms with Crippen LogP contribution in [0.15, 0.2) is 18.2 Å². The van der Waals surface area contributed by atoms with E-state index in [1.165, 1.54) is 6.07 Å². The maximum absolute atomic E-state index is 12.3. The fourth-order valence-corrected chi connectivity index (χ4v) is 3.46. The van der Waals surface area contributed by atoms with E-state index >= 15 is 0 Å². The Morgan fingerprint density at radius 3 is 2.50 bits per heavy atom. The van der Waals surface area contributed by atoms with E-state index in [0.29, 0.717) is 24.7 Å². The van der Waals surface area contributed by atoms with Gasteiger partial charge in [-0.25, -0.2) is 0 Å². The summed E-state index contributed by atoms with van der Waals surface area (Å²) in [6.07, 6.45) is -1.12. The molecule has 7 heteroatoms. The summed E-state index contributed by atoms with van der Waals surface area (Å²) in [5.41, 5.74) is 2.22. The highest BCUT2D eigenvalue weighted by atomic mass is 19.4. The highest BCUT2D eigenvalue weighted by molar-refractivity contribution is 5.95. The van der Waals surface area contributed by atoms with Crippen molar-refractivity contribution in [3.8, 4) is 0 Å². The van der Waals surface area contributed by atoms with E-state index in [1.54, 1.807) is 12.1 Å². The lowest BCUT2D eigenvalue weighted by molar-refractivity contribution is -0.167. The van der Waals surface area contributed by atoms with Crippen LogP contribution in [0.5, 0.6) is 0 Å². The minimum absolute atomic E-state index is 0.174. The first-order valence-electron chi connectivity index (χ1n) is 8.08. The van der Waals surface area contributed by atoms with Crippen LogP contribution < -0.4 is 5.32 Å². The summed E-state index contributed by atoms with van der Waals surface area (Å²) in [7, 11) is 0. The van der Waals surface area contributed by atoms with Crippen molar-refractivity contribution in [2.24, 2.45) is 0 Å². The molecule has 2 aliphatic rings. The number of fused-ring (bicyclic) bond motifs is 1. The molecule has 3 rings (SSSR count). The zero-order valence-corrected chi connectivity index (χ0v) is 13.2. The minimum Gasteiger partial charge on any atom is -0.318 e. The summed E-state index contributed by atoms with van der Waals surface area (Å²) >= 11 is 0. The van der Waals surface area contributed by atoms with Crippen molar-refractivity contribution in [3.05, 3.63) is 29.3 Å². The number of halogens is 3. The van der Waals surface area contributed by atoms with Crippen molar-refractivity contribution in [3.63, 3.8) is 0 Å². The van der Waals surface area contributed by atoms with Gasteiger partial charge in [0.05, 0.1) is 0 Å². The second-order valence-electron chi connectivity index (χ2n) is 6.43. The molecule has 1 amide bonds. The molecule has 130 valence electrons. The SMILES string of the molecule is O=C1CCC(N2CCc3cc(NC(=O)C(F)(F)F)ccc3C2)CC1. The normalized spacial score (nSPS) is 19.9. The number of benzene rings is 1. The summed E-state index contributed by atoms with van der Waals surface area (Å²) in [5, 5.41) is 1.90. The molecule has 1 aromatic rings. The molecule has 1 aliphatic heterocycles. The maximum atomic E-state index is 12.3. The lowest BCUT2D eigenvalue weighted by Crippen LogP contribution is -2.41. The Labute approximate surface area is 138 Å². The monoisotopic (exact) mass is 340 g/mol. The fourth-order valence-electron chi connectivity index (χ4n) is 3.46. The van der Waals surface area contributed by atoms with E-state index in [-0.39, 0.29) is 5.69 Å². The average Bonchev–Trinajstić information content (AvgIpc) is 2.54. The zero-order valence-electron chi connectivity index (χ0n) is 13.2. The number of ketones is 1. The summed E-state index contributed by atoms with van der Waals surface area (Å²) in [5.74, 6) is -1.62. The van der Waals surface area contributed by atoms with Crippen LogP contribution in [0.4, 0.5) is 18.9 Å². The van der Waals surface area contributed by atoms with Crippen LogP contribution in [0.3, 0.4) is 0 Å². The molecule has 1 N–H and O–H groups in total. The van der Waals surface area contributed by atoms with Gasteiger partial charge in [0.15, 0.2) is 0 Å². The number of alkyl halides is 3. The molecule has 1 aromatic carbocycles. The van der Waals surface area contributed by atoms with E-state index in [9.17, 15) is 22.8 Å². The number of nitrogens with zero attached hydrogens (tertiary/aromatic N) is 1. The molecule has 1 saturated carbocycles. The molecule has 4 nitrogen and oxygen atoms in total. The van der Waals surface area contributed by atoms with E-state index in [0.717, 1.165) is 43.5 Å². The van der Waals surface area contributed by atoms with Gasteiger partial charge in [-0.05, 0) is 42.5 Å². The molecule has 24 heavy (non-hydrogen) atoms. The molecular weight excluding hydrogens is 321 g/mol. The van der Waals surface area contributed by atoms with Crippen molar-refractivity contribution in [2.75, 3.05) is 11.9 Å². The lowest BCUT2D eigenvalue weighted by Gasteiger charge is -2.37. The maximum Gasteiger partial charge on any atom is 0.471 e. The second kappa shape index (κ2) is 6.55. The summed E-state index contributed by atoms with van der Waals surface area (Å²) < 4.78 is 36.9. The third kappa shape index (κ3) is 3.77. The van der Waals surface area contributed by atoms with Crippen LogP contribution in [-0.2, 0) is 22.6 Å². The largest absolute Gasteiger partial charge is 0.471 e. The number of anilines is 1. The van der Waals surface area contributed by atoms with Crippen molar-refractivity contribution in [2.45, 2.75) is 50.9 Å². The van der Waals surface area contributed by atoms with Crippen molar-refractivity contribution >= 4 is 17.4 Å². The summed E-state index contributed by atoms with van der Waals surface area (Å²) in [4.78, 5) is 24.7. The zero-order chi connectivity index (χ0) is 17.3. The van der Waals surface area contributed by atoms with Gasteiger partial charge in [-0.3, -0.25) is 14.5 Å². The van der Waals surface area contributed by atoms with Gasteiger partial charge in [-0.1, -0.05) is 6.07 Å². The predicted octanol–water partition coefficient (Wildman–Crippen LogP) is 3.06. The van der Waals surface area contributed by atoms with Crippen LogP contribution in [0.1, 0.15) is 36.8 Å². The van der Waals surface area contributed by atoms with Gasteiger partial charge in [0.1, 0.15) is 5.78 Å². The molecule has 1 heterocycles. The smallest absolute Gasteiger partial charge is 0.318 e. The number of hydrogen-bond donors (Lipinski definition) is 1. The molecule has 0 radical (unpaired) electrons.